The first-order chi connectivity index (χ1) is 9.40. The van der Waals surface area contributed by atoms with Crippen molar-refractivity contribution in [2.24, 2.45) is 5.92 Å². The van der Waals surface area contributed by atoms with E-state index in [9.17, 15) is 0 Å². The molecule has 4 nitrogen and oxygen atoms in total. The number of nitrogens with zero attached hydrogens (tertiary/aromatic N) is 3. The molecule has 2 N–H and O–H groups in total. The highest BCUT2D eigenvalue weighted by Gasteiger charge is 2.19. The summed E-state index contributed by atoms with van der Waals surface area (Å²) in [4.78, 5) is 9.10. The molecule has 0 radical (unpaired) electrons. The second-order valence-electron chi connectivity index (χ2n) is 6.05. The lowest BCUT2D eigenvalue weighted by molar-refractivity contribution is 0.502. The minimum Gasteiger partial charge on any atom is -0.383 e. The molecule has 2 aromatic rings. The number of anilines is 1. The standard InChI is InChI=1S/C16H24N4/c1-10(2)9-20-15(17)14(19-16(20)11(3)4)13-7-6-12(5)18-8-13/h6-8,10-11H,9,17H2,1-5H3. The molecule has 0 aromatic carbocycles. The molecule has 0 aliphatic rings. The van der Waals surface area contributed by atoms with Gasteiger partial charge in [0.25, 0.3) is 0 Å². The van der Waals surface area contributed by atoms with Crippen LogP contribution < -0.4 is 5.73 Å². The Hall–Kier alpha value is -1.84. The highest BCUT2D eigenvalue weighted by atomic mass is 15.1. The van der Waals surface area contributed by atoms with E-state index in [0.29, 0.717) is 11.8 Å². The van der Waals surface area contributed by atoms with Crippen LogP contribution in [0.25, 0.3) is 11.3 Å². The molecule has 0 aliphatic heterocycles. The monoisotopic (exact) mass is 272 g/mol. The third-order valence-electron chi connectivity index (χ3n) is 3.29. The fourth-order valence-corrected chi connectivity index (χ4v) is 2.30. The molecule has 2 heterocycles. The summed E-state index contributed by atoms with van der Waals surface area (Å²) in [7, 11) is 0. The molecule has 0 spiro atoms. The molecule has 0 saturated heterocycles. The topological polar surface area (TPSA) is 56.7 Å². The van der Waals surface area contributed by atoms with E-state index in [2.05, 4.69) is 37.2 Å². The van der Waals surface area contributed by atoms with E-state index >= 15 is 0 Å². The van der Waals surface area contributed by atoms with Crippen molar-refractivity contribution in [2.45, 2.75) is 47.1 Å². The summed E-state index contributed by atoms with van der Waals surface area (Å²) in [6, 6.07) is 4.02. The predicted octanol–water partition coefficient (Wildman–Crippen LogP) is 3.62. The first-order valence-corrected chi connectivity index (χ1v) is 7.19. The summed E-state index contributed by atoms with van der Waals surface area (Å²) in [5, 5.41) is 0. The van der Waals surface area contributed by atoms with E-state index in [4.69, 9.17) is 10.7 Å². The van der Waals surface area contributed by atoms with Crippen molar-refractivity contribution in [2.75, 3.05) is 5.73 Å². The zero-order valence-corrected chi connectivity index (χ0v) is 13.0. The van der Waals surface area contributed by atoms with Gasteiger partial charge in [-0.2, -0.15) is 0 Å². The quantitative estimate of drug-likeness (QED) is 0.925. The van der Waals surface area contributed by atoms with E-state index in [1.807, 2.05) is 25.3 Å². The van der Waals surface area contributed by atoms with Crippen molar-refractivity contribution in [1.29, 1.82) is 0 Å². The van der Waals surface area contributed by atoms with Crippen molar-refractivity contribution in [3.05, 3.63) is 29.8 Å². The van der Waals surface area contributed by atoms with Gasteiger partial charge >= 0.3 is 0 Å². The number of nitrogen functional groups attached to an aromatic ring is 1. The van der Waals surface area contributed by atoms with Gasteiger partial charge < -0.3 is 10.3 Å². The Labute approximate surface area is 121 Å². The number of pyridine rings is 1. The average Bonchev–Trinajstić information content (AvgIpc) is 2.68. The van der Waals surface area contributed by atoms with Crippen LogP contribution in [0, 0.1) is 12.8 Å². The fourth-order valence-electron chi connectivity index (χ4n) is 2.30. The van der Waals surface area contributed by atoms with Crippen molar-refractivity contribution in [1.82, 2.24) is 14.5 Å². The molecule has 0 unspecified atom stereocenters. The Morgan fingerprint density at radius 2 is 1.90 bits per heavy atom. The van der Waals surface area contributed by atoms with E-state index in [-0.39, 0.29) is 0 Å². The Morgan fingerprint density at radius 3 is 2.40 bits per heavy atom. The molecule has 20 heavy (non-hydrogen) atoms. The molecule has 0 bridgehead atoms. The largest absolute Gasteiger partial charge is 0.383 e. The summed E-state index contributed by atoms with van der Waals surface area (Å²) in [5.41, 5.74) is 9.16. The number of hydrogen-bond acceptors (Lipinski definition) is 3. The Morgan fingerprint density at radius 1 is 1.20 bits per heavy atom. The van der Waals surface area contributed by atoms with Crippen molar-refractivity contribution in [3.63, 3.8) is 0 Å². The van der Waals surface area contributed by atoms with Gasteiger partial charge in [-0.15, -0.1) is 0 Å². The lowest BCUT2D eigenvalue weighted by Crippen LogP contribution is -2.12. The van der Waals surface area contributed by atoms with E-state index < -0.39 is 0 Å². The van der Waals surface area contributed by atoms with Gasteiger partial charge in [-0.3, -0.25) is 4.98 Å². The average molecular weight is 272 g/mol. The van der Waals surface area contributed by atoms with Crippen LogP contribution in [0.3, 0.4) is 0 Å². The highest BCUT2D eigenvalue weighted by Crippen LogP contribution is 2.29. The minimum atomic E-state index is 0.350. The number of aromatic nitrogens is 3. The lowest BCUT2D eigenvalue weighted by atomic mass is 10.2. The van der Waals surface area contributed by atoms with Gasteiger partial charge in [0.2, 0.25) is 0 Å². The molecule has 0 amide bonds. The second-order valence-corrected chi connectivity index (χ2v) is 6.05. The Kier molecular flexibility index (Phi) is 4.12. The van der Waals surface area contributed by atoms with Gasteiger partial charge in [-0.05, 0) is 25.0 Å². The molecule has 0 aliphatic carbocycles. The third-order valence-corrected chi connectivity index (χ3v) is 3.29. The number of aryl methyl sites for hydroxylation is 1. The lowest BCUT2D eigenvalue weighted by Gasteiger charge is -2.14. The van der Waals surface area contributed by atoms with Crippen LogP contribution >= 0.6 is 0 Å². The van der Waals surface area contributed by atoms with E-state index in [0.717, 1.165) is 35.1 Å². The molecular formula is C16H24N4. The van der Waals surface area contributed by atoms with Crippen LogP contribution in [-0.4, -0.2) is 14.5 Å². The summed E-state index contributed by atoms with van der Waals surface area (Å²) >= 11 is 0. The van der Waals surface area contributed by atoms with Gasteiger partial charge in [0.15, 0.2) is 0 Å². The van der Waals surface area contributed by atoms with Crippen LogP contribution in [0.2, 0.25) is 0 Å². The molecule has 0 saturated carbocycles. The number of rotatable bonds is 4. The molecule has 2 rings (SSSR count). The van der Waals surface area contributed by atoms with E-state index in [1.54, 1.807) is 0 Å². The maximum Gasteiger partial charge on any atom is 0.131 e. The van der Waals surface area contributed by atoms with Gasteiger partial charge in [-0.1, -0.05) is 27.7 Å². The molecular weight excluding hydrogens is 248 g/mol. The van der Waals surface area contributed by atoms with Gasteiger partial charge in [-0.25, -0.2) is 4.98 Å². The van der Waals surface area contributed by atoms with E-state index in [1.165, 1.54) is 0 Å². The van der Waals surface area contributed by atoms with Gasteiger partial charge in [0, 0.05) is 29.9 Å². The highest BCUT2D eigenvalue weighted by molar-refractivity contribution is 5.70. The van der Waals surface area contributed by atoms with Gasteiger partial charge in [0.1, 0.15) is 17.3 Å². The minimum absolute atomic E-state index is 0.350. The SMILES string of the molecule is Cc1ccc(-c2nc(C(C)C)n(CC(C)C)c2N)cn1. The number of imidazole rings is 1. The first kappa shape index (κ1) is 14.6. The van der Waals surface area contributed by atoms with Crippen LogP contribution in [0.1, 0.15) is 45.1 Å². The Balaban J connectivity index is 2.52. The number of nitrogens with two attached hydrogens (primary N) is 1. The van der Waals surface area contributed by atoms with Gasteiger partial charge in [0.05, 0.1) is 0 Å². The molecule has 0 fully saturated rings. The predicted molar refractivity (Wildman–Crippen MR) is 83.5 cm³/mol. The van der Waals surface area contributed by atoms with Crippen LogP contribution in [0.5, 0.6) is 0 Å². The molecule has 4 heteroatoms. The molecule has 2 aromatic heterocycles. The first-order valence-electron chi connectivity index (χ1n) is 7.19. The van der Waals surface area contributed by atoms with Crippen LogP contribution in [0.4, 0.5) is 5.82 Å². The summed E-state index contributed by atoms with van der Waals surface area (Å²) in [6.45, 7) is 11.6. The maximum absolute atomic E-state index is 6.33. The van der Waals surface area contributed by atoms with Crippen molar-refractivity contribution >= 4 is 5.82 Å². The second kappa shape index (κ2) is 5.65. The maximum atomic E-state index is 6.33. The zero-order chi connectivity index (χ0) is 14.9. The smallest absolute Gasteiger partial charge is 0.131 e. The normalized spacial score (nSPS) is 11.6. The molecule has 108 valence electrons. The van der Waals surface area contributed by atoms with Crippen LogP contribution in [0.15, 0.2) is 18.3 Å². The van der Waals surface area contributed by atoms with Crippen LogP contribution in [-0.2, 0) is 6.54 Å². The van der Waals surface area contributed by atoms with Crippen molar-refractivity contribution < 1.29 is 0 Å². The molecule has 0 atom stereocenters. The summed E-state index contributed by atoms with van der Waals surface area (Å²) in [6.07, 6.45) is 1.85. The summed E-state index contributed by atoms with van der Waals surface area (Å²) in [5.74, 6) is 2.68. The number of hydrogen-bond donors (Lipinski definition) is 1. The summed E-state index contributed by atoms with van der Waals surface area (Å²) < 4.78 is 2.14. The Bertz CT molecular complexity index is 579. The van der Waals surface area contributed by atoms with Crippen molar-refractivity contribution in [3.8, 4) is 11.3 Å². The third kappa shape index (κ3) is 2.84. The fraction of sp³-hybridized carbons (Fsp3) is 0.500. The zero-order valence-electron chi connectivity index (χ0n) is 13.0.